The van der Waals surface area contributed by atoms with Gasteiger partial charge in [-0.25, -0.2) is 0 Å². The number of nitrogens with two attached hydrogens (primary N) is 1. The lowest BCUT2D eigenvalue weighted by Crippen LogP contribution is -2.19. The van der Waals surface area contributed by atoms with Gasteiger partial charge in [-0.15, -0.1) is 0 Å². The van der Waals surface area contributed by atoms with E-state index in [0.29, 0.717) is 16.3 Å². The van der Waals surface area contributed by atoms with Crippen molar-refractivity contribution in [3.63, 3.8) is 0 Å². The molecule has 1 amide bonds. The molecule has 1 atom stereocenters. The van der Waals surface area contributed by atoms with E-state index >= 15 is 0 Å². The van der Waals surface area contributed by atoms with Crippen LogP contribution >= 0.6 is 11.6 Å². The summed E-state index contributed by atoms with van der Waals surface area (Å²) >= 11 is 6.46. The second kappa shape index (κ2) is 7.56. The molecule has 29 heavy (non-hydrogen) atoms. The van der Waals surface area contributed by atoms with E-state index in [1.807, 2.05) is 19.1 Å². The van der Waals surface area contributed by atoms with Crippen LogP contribution in [0.5, 0.6) is 11.5 Å². The Kier molecular flexibility index (Phi) is 5.46. The normalized spacial score (nSPS) is 12.8. The zero-order valence-electron chi connectivity index (χ0n) is 17.2. The van der Waals surface area contributed by atoms with Crippen molar-refractivity contribution in [2.24, 2.45) is 5.73 Å². The fourth-order valence-corrected chi connectivity index (χ4v) is 3.82. The minimum absolute atomic E-state index is 0.00719. The number of aromatic nitrogens is 1. The number of ether oxygens (including phenoxy) is 1. The van der Waals surface area contributed by atoms with Crippen LogP contribution in [0.15, 0.2) is 36.4 Å². The van der Waals surface area contributed by atoms with Crippen LogP contribution in [-0.2, 0) is 5.41 Å². The number of hydrogen-bond donors (Lipinski definition) is 2. The lowest BCUT2D eigenvalue weighted by atomic mass is 9.81. The largest absolute Gasteiger partial charge is 0.504 e. The van der Waals surface area contributed by atoms with Crippen molar-refractivity contribution >= 4 is 28.4 Å². The monoisotopic (exact) mass is 412 g/mol. The summed E-state index contributed by atoms with van der Waals surface area (Å²) in [7, 11) is 1.50. The molecule has 152 valence electrons. The standard InChI is InChI=1S/C23H25ClN2O3/c1-12(15-10-20(29-5)19(27)11-17(15)24)16-9-14-8-13(22(25)28)6-7-18(14)26-21(16)23(2,3)4/h6-12,27H,1-5H3,(H2,25,28)/t12-/m0/s1. The number of phenolic OH excluding ortho intramolecular Hbond substituents is 1. The van der Waals surface area contributed by atoms with E-state index in [1.165, 1.54) is 13.2 Å². The summed E-state index contributed by atoms with van der Waals surface area (Å²) in [6.45, 7) is 8.35. The summed E-state index contributed by atoms with van der Waals surface area (Å²) in [5, 5.41) is 11.3. The third-order valence-electron chi connectivity index (χ3n) is 5.07. The highest BCUT2D eigenvalue weighted by molar-refractivity contribution is 6.31. The van der Waals surface area contributed by atoms with E-state index in [-0.39, 0.29) is 17.1 Å². The van der Waals surface area contributed by atoms with Gasteiger partial charge in [-0.3, -0.25) is 9.78 Å². The number of aromatic hydroxyl groups is 1. The van der Waals surface area contributed by atoms with E-state index < -0.39 is 5.91 Å². The number of methoxy groups -OCH3 is 1. The van der Waals surface area contributed by atoms with Crippen LogP contribution in [0.3, 0.4) is 0 Å². The number of nitrogens with zero attached hydrogens (tertiary/aromatic N) is 1. The molecule has 0 saturated carbocycles. The van der Waals surface area contributed by atoms with E-state index in [0.717, 1.165) is 27.7 Å². The average Bonchev–Trinajstić information content (AvgIpc) is 2.65. The highest BCUT2D eigenvalue weighted by atomic mass is 35.5. The van der Waals surface area contributed by atoms with Crippen LogP contribution in [0, 0.1) is 0 Å². The SMILES string of the molecule is COc1cc([C@H](C)c2cc3cc(C(N)=O)ccc3nc2C(C)(C)C)c(Cl)cc1O. The first-order valence-corrected chi connectivity index (χ1v) is 9.72. The van der Waals surface area contributed by atoms with Crippen LogP contribution in [0.1, 0.15) is 60.8 Å². The van der Waals surface area contributed by atoms with E-state index in [4.69, 9.17) is 27.1 Å². The molecule has 6 heteroatoms. The number of fused-ring (bicyclic) bond motifs is 1. The molecule has 5 nitrogen and oxygen atoms in total. The number of amides is 1. The Morgan fingerprint density at radius 3 is 2.45 bits per heavy atom. The van der Waals surface area contributed by atoms with Crippen molar-refractivity contribution in [2.45, 2.75) is 39.0 Å². The molecule has 0 unspecified atom stereocenters. The van der Waals surface area contributed by atoms with Gasteiger partial charge >= 0.3 is 0 Å². The van der Waals surface area contributed by atoms with Gasteiger partial charge in [0.15, 0.2) is 11.5 Å². The fourth-order valence-electron chi connectivity index (χ4n) is 3.50. The number of phenols is 1. The lowest BCUT2D eigenvalue weighted by Gasteiger charge is -2.26. The van der Waals surface area contributed by atoms with Gasteiger partial charge in [0.25, 0.3) is 0 Å². The minimum atomic E-state index is -0.479. The Hall–Kier alpha value is -2.79. The van der Waals surface area contributed by atoms with Gasteiger partial charge in [0.2, 0.25) is 5.91 Å². The molecule has 0 saturated heterocycles. The van der Waals surface area contributed by atoms with Gasteiger partial charge in [-0.1, -0.05) is 39.3 Å². The summed E-state index contributed by atoms with van der Waals surface area (Å²) in [6.07, 6.45) is 0. The maximum Gasteiger partial charge on any atom is 0.248 e. The Morgan fingerprint density at radius 2 is 1.86 bits per heavy atom. The van der Waals surface area contributed by atoms with Gasteiger partial charge in [-0.2, -0.15) is 0 Å². The quantitative estimate of drug-likeness (QED) is 0.620. The number of carbonyl (C=O) groups excluding carboxylic acids is 1. The predicted octanol–water partition coefficient (Wildman–Crippen LogP) is 5.15. The third kappa shape index (κ3) is 4.01. The van der Waals surface area contributed by atoms with E-state index in [1.54, 1.807) is 18.2 Å². The number of rotatable bonds is 4. The molecule has 0 aliphatic heterocycles. The van der Waals surface area contributed by atoms with Crippen LogP contribution in [0.4, 0.5) is 0 Å². The molecule has 0 fully saturated rings. The molecule has 3 aromatic rings. The Balaban J connectivity index is 2.27. The number of carbonyl (C=O) groups is 1. The van der Waals surface area contributed by atoms with E-state index in [9.17, 15) is 9.90 Å². The van der Waals surface area contributed by atoms with E-state index in [2.05, 4.69) is 20.8 Å². The number of halogens is 1. The fraction of sp³-hybridized carbons (Fsp3) is 0.304. The summed E-state index contributed by atoms with van der Waals surface area (Å²) < 4.78 is 5.26. The van der Waals surface area contributed by atoms with Crippen molar-refractivity contribution in [2.75, 3.05) is 7.11 Å². The number of pyridine rings is 1. The van der Waals surface area contributed by atoms with Gasteiger partial charge in [0, 0.05) is 33.4 Å². The lowest BCUT2D eigenvalue weighted by molar-refractivity contribution is 0.100. The highest BCUT2D eigenvalue weighted by Crippen LogP contribution is 2.41. The van der Waals surface area contributed by atoms with Crippen LogP contribution < -0.4 is 10.5 Å². The average molecular weight is 413 g/mol. The van der Waals surface area contributed by atoms with Gasteiger partial charge in [0.05, 0.1) is 18.3 Å². The number of primary amides is 1. The topological polar surface area (TPSA) is 85.4 Å². The molecule has 0 aliphatic rings. The molecule has 0 bridgehead atoms. The van der Waals surface area contributed by atoms with Crippen LogP contribution in [-0.4, -0.2) is 23.1 Å². The van der Waals surface area contributed by atoms with Gasteiger partial charge < -0.3 is 15.6 Å². The smallest absolute Gasteiger partial charge is 0.248 e. The maximum absolute atomic E-state index is 11.6. The van der Waals surface area contributed by atoms with Crippen molar-refractivity contribution in [3.05, 3.63) is 63.8 Å². The summed E-state index contributed by atoms with van der Waals surface area (Å²) in [6, 6.07) is 10.5. The predicted molar refractivity (Wildman–Crippen MR) is 116 cm³/mol. The van der Waals surface area contributed by atoms with Crippen molar-refractivity contribution < 1.29 is 14.6 Å². The van der Waals surface area contributed by atoms with Crippen molar-refractivity contribution in [1.29, 1.82) is 0 Å². The minimum Gasteiger partial charge on any atom is -0.504 e. The summed E-state index contributed by atoms with van der Waals surface area (Å²) in [5.41, 5.74) is 9.21. The van der Waals surface area contributed by atoms with Crippen LogP contribution in [0.2, 0.25) is 5.02 Å². The number of hydrogen-bond acceptors (Lipinski definition) is 4. The molecule has 1 heterocycles. The zero-order valence-corrected chi connectivity index (χ0v) is 18.0. The molecule has 1 aromatic heterocycles. The highest BCUT2D eigenvalue weighted by Gasteiger charge is 2.26. The molecule has 3 N–H and O–H groups in total. The first-order valence-electron chi connectivity index (χ1n) is 9.34. The summed E-state index contributed by atoms with van der Waals surface area (Å²) in [4.78, 5) is 16.5. The second-order valence-corrected chi connectivity index (χ2v) is 8.62. The molecule has 0 spiro atoms. The molecular weight excluding hydrogens is 388 g/mol. The van der Waals surface area contributed by atoms with Crippen LogP contribution in [0.25, 0.3) is 10.9 Å². The second-order valence-electron chi connectivity index (χ2n) is 8.22. The molecule has 0 aliphatic carbocycles. The van der Waals surface area contributed by atoms with Crippen molar-refractivity contribution in [3.8, 4) is 11.5 Å². The Labute approximate surface area is 175 Å². The van der Waals surface area contributed by atoms with Gasteiger partial charge in [-0.05, 0) is 41.5 Å². The maximum atomic E-state index is 11.6. The number of benzene rings is 2. The van der Waals surface area contributed by atoms with Gasteiger partial charge in [0.1, 0.15) is 0 Å². The zero-order chi connectivity index (χ0) is 21.5. The summed E-state index contributed by atoms with van der Waals surface area (Å²) in [5.74, 6) is -0.251. The Morgan fingerprint density at radius 1 is 1.17 bits per heavy atom. The molecule has 0 radical (unpaired) electrons. The van der Waals surface area contributed by atoms with Crippen molar-refractivity contribution in [1.82, 2.24) is 4.98 Å². The first kappa shape index (κ1) is 20.9. The Bertz CT molecular complexity index is 1100. The molecular formula is C23H25ClN2O3. The first-order chi connectivity index (χ1) is 13.5. The third-order valence-corrected chi connectivity index (χ3v) is 5.40. The molecule has 3 rings (SSSR count). The molecule has 2 aromatic carbocycles.